The first-order valence-electron chi connectivity index (χ1n) is 13.3. The second kappa shape index (κ2) is 13.8. The average molecular weight is 473 g/mol. The van der Waals surface area contributed by atoms with E-state index in [9.17, 15) is 4.39 Å². The van der Waals surface area contributed by atoms with E-state index in [0.29, 0.717) is 0 Å². The maximum absolute atomic E-state index is 13.6. The molecule has 0 aliphatic carbocycles. The molecule has 0 amide bonds. The molecule has 2 nitrogen and oxygen atoms in total. The van der Waals surface area contributed by atoms with Crippen molar-refractivity contribution in [3.05, 3.63) is 90.3 Å². The Morgan fingerprint density at radius 3 is 1.89 bits per heavy atom. The summed E-state index contributed by atoms with van der Waals surface area (Å²) in [6.45, 7) is 9.00. The molecule has 0 fully saturated rings. The zero-order chi connectivity index (χ0) is 25.0. The van der Waals surface area contributed by atoms with E-state index in [0.717, 1.165) is 37.9 Å². The molecule has 4 rings (SSSR count). The van der Waals surface area contributed by atoms with Gasteiger partial charge in [-0.25, -0.2) is 4.39 Å². The van der Waals surface area contributed by atoms with Crippen molar-refractivity contribution >= 4 is 21.8 Å². The molecule has 0 aliphatic rings. The van der Waals surface area contributed by atoms with Gasteiger partial charge < -0.3 is 10.3 Å². The van der Waals surface area contributed by atoms with Crippen molar-refractivity contribution in [3.63, 3.8) is 0 Å². The summed E-state index contributed by atoms with van der Waals surface area (Å²) < 4.78 is 15.8. The largest absolute Gasteiger partial charge is 0.330 e. The maximum atomic E-state index is 13.6. The van der Waals surface area contributed by atoms with Crippen LogP contribution in [0.25, 0.3) is 27.5 Å². The fraction of sp³-hybridized carbons (Fsp3) is 0.375. The van der Waals surface area contributed by atoms with Crippen LogP contribution < -0.4 is 5.73 Å². The van der Waals surface area contributed by atoms with Gasteiger partial charge in [-0.05, 0) is 98.3 Å². The van der Waals surface area contributed by atoms with Gasteiger partial charge in [0.05, 0.1) is 11.0 Å². The van der Waals surface area contributed by atoms with Gasteiger partial charge in [0.15, 0.2) is 0 Å². The Balaban J connectivity index is 0.000000795. The molecule has 3 aromatic carbocycles. The lowest BCUT2D eigenvalue weighted by molar-refractivity contribution is 0.627. The zero-order valence-electron chi connectivity index (χ0n) is 21.5. The van der Waals surface area contributed by atoms with Gasteiger partial charge in [0.1, 0.15) is 5.82 Å². The first kappa shape index (κ1) is 26.7. The number of fused-ring (bicyclic) bond motifs is 3. The third kappa shape index (κ3) is 7.05. The summed E-state index contributed by atoms with van der Waals surface area (Å²) in [5, 5.41) is 2.56. The van der Waals surface area contributed by atoms with Crippen LogP contribution in [0.15, 0.2) is 73.3 Å². The smallest absolute Gasteiger partial charge is 0.123 e. The molecule has 4 aromatic rings. The number of halogens is 1. The Morgan fingerprint density at radius 2 is 1.34 bits per heavy atom. The minimum Gasteiger partial charge on any atom is -0.330 e. The lowest BCUT2D eigenvalue weighted by atomic mass is 10.0. The van der Waals surface area contributed by atoms with Gasteiger partial charge in [-0.1, -0.05) is 57.7 Å². The zero-order valence-corrected chi connectivity index (χ0v) is 21.5. The highest BCUT2D eigenvalue weighted by Gasteiger charge is 2.13. The quantitative estimate of drug-likeness (QED) is 0.171. The van der Waals surface area contributed by atoms with Crippen molar-refractivity contribution < 1.29 is 4.39 Å². The van der Waals surface area contributed by atoms with E-state index in [1.54, 1.807) is 0 Å². The van der Waals surface area contributed by atoms with Crippen LogP contribution in [0.2, 0.25) is 0 Å². The fourth-order valence-corrected chi connectivity index (χ4v) is 4.50. The Kier molecular flexibility index (Phi) is 10.6. The van der Waals surface area contributed by atoms with Gasteiger partial charge in [-0.15, -0.1) is 6.58 Å². The molecule has 1 aromatic heterocycles. The molecule has 0 radical (unpaired) electrons. The monoisotopic (exact) mass is 472 g/mol. The topological polar surface area (TPSA) is 30.9 Å². The van der Waals surface area contributed by atoms with Gasteiger partial charge in [0, 0.05) is 16.5 Å². The number of aryl methyl sites for hydroxylation is 2. The number of aromatic nitrogens is 1. The summed E-state index contributed by atoms with van der Waals surface area (Å²) in [5.41, 5.74) is 11.1. The van der Waals surface area contributed by atoms with Crippen LogP contribution in [0.5, 0.6) is 0 Å². The van der Waals surface area contributed by atoms with Crippen molar-refractivity contribution in [3.8, 4) is 5.69 Å². The number of allylic oxidation sites excluding steroid dienone is 1. The van der Waals surface area contributed by atoms with Crippen molar-refractivity contribution in [1.82, 2.24) is 4.57 Å². The highest BCUT2D eigenvalue weighted by Crippen LogP contribution is 2.34. The van der Waals surface area contributed by atoms with E-state index >= 15 is 0 Å². The molecule has 0 saturated carbocycles. The third-order valence-corrected chi connectivity index (χ3v) is 6.47. The van der Waals surface area contributed by atoms with E-state index in [1.165, 1.54) is 77.2 Å². The summed E-state index contributed by atoms with van der Waals surface area (Å²) in [5.74, 6) is -0.207. The van der Waals surface area contributed by atoms with Gasteiger partial charge in [-0.3, -0.25) is 0 Å². The highest BCUT2D eigenvalue weighted by atomic mass is 19.1. The Bertz CT molecular complexity index is 1200. The number of benzene rings is 3. The molecule has 0 bridgehead atoms. The lowest BCUT2D eigenvalue weighted by Gasteiger charge is -2.08. The predicted octanol–water partition coefficient (Wildman–Crippen LogP) is 8.91. The minimum atomic E-state index is -0.207. The Morgan fingerprint density at radius 1 is 0.771 bits per heavy atom. The molecule has 0 saturated heterocycles. The van der Waals surface area contributed by atoms with Crippen LogP contribution in [0, 0.1) is 5.82 Å². The number of nitrogens with two attached hydrogens (primary N) is 1. The van der Waals surface area contributed by atoms with Crippen LogP contribution in [0.3, 0.4) is 0 Å². The van der Waals surface area contributed by atoms with Crippen molar-refractivity contribution in [2.45, 2.75) is 71.6 Å². The summed E-state index contributed by atoms with van der Waals surface area (Å²) in [4.78, 5) is 0. The predicted molar refractivity (Wildman–Crippen MR) is 151 cm³/mol. The maximum Gasteiger partial charge on any atom is 0.123 e. The summed E-state index contributed by atoms with van der Waals surface area (Å²) in [6.07, 6.45) is 12.7. The SMILES string of the molecule is C=CCCc1ccc2c(c1)c1cc(CCCCCCC)ccc1n2-c1ccc(F)cc1.CCCN. The van der Waals surface area contributed by atoms with E-state index in [1.807, 2.05) is 18.2 Å². The second-order valence-corrected chi connectivity index (χ2v) is 9.30. The van der Waals surface area contributed by atoms with E-state index in [4.69, 9.17) is 5.73 Å². The van der Waals surface area contributed by atoms with Crippen LogP contribution in [-0.2, 0) is 12.8 Å². The second-order valence-electron chi connectivity index (χ2n) is 9.30. The van der Waals surface area contributed by atoms with Crippen molar-refractivity contribution in [1.29, 1.82) is 0 Å². The standard InChI is InChI=1S/C29H32FN.C3H9N/c1-3-5-7-8-9-11-23-13-19-29-27(21-23)26-20-22(10-6-4-2)12-18-28(26)31(29)25-16-14-24(30)15-17-25;1-2-3-4/h4,12-21H,2-3,5-11H2,1H3;2-4H2,1H3. The van der Waals surface area contributed by atoms with Gasteiger partial charge in [-0.2, -0.15) is 0 Å². The fourth-order valence-electron chi connectivity index (χ4n) is 4.50. The van der Waals surface area contributed by atoms with Crippen LogP contribution in [-0.4, -0.2) is 11.1 Å². The van der Waals surface area contributed by atoms with E-state index < -0.39 is 0 Å². The molecule has 0 aliphatic heterocycles. The molecule has 0 unspecified atom stereocenters. The average Bonchev–Trinajstić information content (AvgIpc) is 3.21. The first-order chi connectivity index (χ1) is 17.1. The van der Waals surface area contributed by atoms with Gasteiger partial charge in [0.25, 0.3) is 0 Å². The molecule has 1 heterocycles. The molecular weight excluding hydrogens is 431 g/mol. The summed E-state index contributed by atoms with van der Waals surface area (Å²) in [6, 6.07) is 20.4. The van der Waals surface area contributed by atoms with Crippen LogP contribution in [0.1, 0.15) is 69.9 Å². The van der Waals surface area contributed by atoms with E-state index in [-0.39, 0.29) is 5.82 Å². The number of rotatable bonds is 11. The molecular formula is C32H41FN2. The summed E-state index contributed by atoms with van der Waals surface area (Å²) >= 11 is 0. The molecule has 35 heavy (non-hydrogen) atoms. The van der Waals surface area contributed by atoms with Gasteiger partial charge in [0.2, 0.25) is 0 Å². The molecule has 2 N–H and O–H groups in total. The van der Waals surface area contributed by atoms with Crippen molar-refractivity contribution in [2.75, 3.05) is 6.54 Å². The first-order valence-corrected chi connectivity index (χ1v) is 13.3. The normalized spacial score (nSPS) is 11.0. The van der Waals surface area contributed by atoms with Crippen LogP contribution >= 0.6 is 0 Å². The van der Waals surface area contributed by atoms with E-state index in [2.05, 4.69) is 61.4 Å². The summed E-state index contributed by atoms with van der Waals surface area (Å²) in [7, 11) is 0. The number of hydrogen-bond donors (Lipinski definition) is 1. The highest BCUT2D eigenvalue weighted by molar-refractivity contribution is 6.09. The minimum absolute atomic E-state index is 0.207. The molecule has 0 spiro atoms. The van der Waals surface area contributed by atoms with Gasteiger partial charge >= 0.3 is 0 Å². The molecule has 0 atom stereocenters. The Labute approximate surface area is 210 Å². The molecule has 186 valence electrons. The number of unbranched alkanes of at least 4 members (excludes halogenated alkanes) is 4. The van der Waals surface area contributed by atoms with Crippen LogP contribution in [0.4, 0.5) is 4.39 Å². The Hall–Kier alpha value is -2.91. The number of hydrogen-bond acceptors (Lipinski definition) is 1. The lowest BCUT2D eigenvalue weighted by Crippen LogP contribution is -1.94. The van der Waals surface area contributed by atoms with Crippen molar-refractivity contribution in [2.24, 2.45) is 5.73 Å². The molecule has 3 heteroatoms. The third-order valence-electron chi connectivity index (χ3n) is 6.47. The number of nitrogens with zero attached hydrogens (tertiary/aromatic N) is 1.